The highest BCUT2D eigenvalue weighted by molar-refractivity contribution is 5.72. The first kappa shape index (κ1) is 11.5. The molecule has 0 amide bonds. The highest BCUT2D eigenvalue weighted by Gasteiger charge is 2.26. The quantitative estimate of drug-likeness (QED) is 0.720. The molecule has 0 radical (unpaired) electrons. The minimum atomic E-state index is -0.730. The zero-order valence-electron chi connectivity index (χ0n) is 9.23. The Labute approximate surface area is 85.5 Å². The van der Waals surface area contributed by atoms with Crippen LogP contribution < -0.4 is 0 Å². The molecule has 1 fully saturated rings. The van der Waals surface area contributed by atoms with Crippen LogP contribution in [0.15, 0.2) is 0 Å². The van der Waals surface area contributed by atoms with Crippen LogP contribution in [0, 0.1) is 0 Å². The molecule has 0 aromatic carbocycles. The minimum Gasteiger partial charge on any atom is -0.480 e. The summed E-state index contributed by atoms with van der Waals surface area (Å²) < 4.78 is 0. The lowest BCUT2D eigenvalue weighted by Gasteiger charge is -2.36. The van der Waals surface area contributed by atoms with Gasteiger partial charge in [0, 0.05) is 6.04 Å². The summed E-state index contributed by atoms with van der Waals surface area (Å²) in [6.07, 6.45) is 2.15. The number of carbonyl (C=O) groups is 1. The van der Waals surface area contributed by atoms with Gasteiger partial charge in [0.05, 0.1) is 0 Å². The second-order valence-corrected chi connectivity index (χ2v) is 4.21. The molecule has 0 spiro atoms. The van der Waals surface area contributed by atoms with E-state index in [2.05, 4.69) is 11.9 Å². The Hall–Kier alpha value is -0.610. The number of likely N-dealkylation sites (tertiary alicyclic amines) is 1. The second-order valence-electron chi connectivity index (χ2n) is 4.21. The predicted octanol–water partition coefficient (Wildman–Crippen LogP) is 0.486. The average Bonchev–Trinajstić information content (AvgIpc) is 2.16. The summed E-state index contributed by atoms with van der Waals surface area (Å²) in [6.45, 7) is 3.89. The molecule has 0 saturated carbocycles. The second kappa shape index (κ2) is 4.75. The number of rotatable bonds is 3. The molecule has 1 N–H and O–H groups in total. The van der Waals surface area contributed by atoms with E-state index in [0.717, 1.165) is 25.9 Å². The standard InChI is InChI=1S/C10H20N2O2/c1-8(10(13)14)12(3)9-4-6-11(2)7-5-9/h8-9H,4-7H2,1-3H3,(H,13,14)/t8-/m0/s1. The topological polar surface area (TPSA) is 43.8 Å². The van der Waals surface area contributed by atoms with Crippen molar-refractivity contribution in [1.29, 1.82) is 0 Å². The van der Waals surface area contributed by atoms with Crippen LogP contribution in [0.5, 0.6) is 0 Å². The van der Waals surface area contributed by atoms with Gasteiger partial charge < -0.3 is 10.0 Å². The lowest BCUT2D eigenvalue weighted by Crippen LogP contribution is -2.47. The van der Waals surface area contributed by atoms with E-state index in [1.165, 1.54) is 0 Å². The van der Waals surface area contributed by atoms with E-state index in [0.29, 0.717) is 6.04 Å². The van der Waals surface area contributed by atoms with Crippen LogP contribution in [-0.4, -0.2) is 60.1 Å². The van der Waals surface area contributed by atoms with E-state index in [-0.39, 0.29) is 6.04 Å². The fraction of sp³-hybridized carbons (Fsp3) is 0.900. The smallest absolute Gasteiger partial charge is 0.320 e. The number of aliphatic carboxylic acids is 1. The molecule has 1 rings (SSSR count). The number of hydrogen-bond donors (Lipinski definition) is 1. The van der Waals surface area contributed by atoms with Gasteiger partial charge in [-0.05, 0) is 47.0 Å². The summed E-state index contributed by atoms with van der Waals surface area (Å²) in [5.41, 5.74) is 0. The Morgan fingerprint density at radius 2 is 2.00 bits per heavy atom. The minimum absolute atomic E-state index is 0.372. The molecule has 1 aliphatic heterocycles. The van der Waals surface area contributed by atoms with Crippen LogP contribution in [0.4, 0.5) is 0 Å². The van der Waals surface area contributed by atoms with E-state index < -0.39 is 5.97 Å². The summed E-state index contributed by atoms with van der Waals surface area (Å²) in [7, 11) is 4.02. The molecule has 1 aliphatic rings. The third-order valence-corrected chi connectivity index (χ3v) is 3.23. The van der Waals surface area contributed by atoms with E-state index in [1.807, 2.05) is 11.9 Å². The Kier molecular flexibility index (Phi) is 3.89. The summed E-state index contributed by atoms with van der Waals surface area (Å²) in [4.78, 5) is 15.1. The highest BCUT2D eigenvalue weighted by Crippen LogP contribution is 2.16. The van der Waals surface area contributed by atoms with E-state index >= 15 is 0 Å². The van der Waals surface area contributed by atoms with Crippen molar-refractivity contribution in [2.45, 2.75) is 31.8 Å². The van der Waals surface area contributed by atoms with Gasteiger partial charge in [0.25, 0.3) is 0 Å². The van der Waals surface area contributed by atoms with Gasteiger partial charge in [-0.3, -0.25) is 9.69 Å². The summed E-state index contributed by atoms with van der Waals surface area (Å²) in [5.74, 6) is -0.730. The van der Waals surface area contributed by atoms with Crippen LogP contribution >= 0.6 is 0 Å². The maximum absolute atomic E-state index is 10.8. The van der Waals surface area contributed by atoms with Gasteiger partial charge in [-0.1, -0.05) is 0 Å². The molecule has 0 aromatic rings. The van der Waals surface area contributed by atoms with Gasteiger partial charge >= 0.3 is 5.97 Å². The van der Waals surface area contributed by atoms with Crippen LogP contribution in [0.1, 0.15) is 19.8 Å². The Bertz CT molecular complexity index is 200. The summed E-state index contributed by atoms with van der Waals surface area (Å²) >= 11 is 0. The monoisotopic (exact) mass is 200 g/mol. The van der Waals surface area contributed by atoms with Gasteiger partial charge in [0.1, 0.15) is 6.04 Å². The van der Waals surface area contributed by atoms with Gasteiger partial charge in [-0.2, -0.15) is 0 Å². The maximum Gasteiger partial charge on any atom is 0.320 e. The molecule has 0 aliphatic carbocycles. The number of likely N-dealkylation sites (N-methyl/N-ethyl adjacent to an activating group) is 1. The molecule has 0 bridgehead atoms. The number of carboxylic acid groups (broad SMARTS) is 1. The van der Waals surface area contributed by atoms with Crippen LogP contribution in [0.3, 0.4) is 0 Å². The van der Waals surface area contributed by atoms with Gasteiger partial charge in [-0.25, -0.2) is 0 Å². The maximum atomic E-state index is 10.8. The fourth-order valence-corrected chi connectivity index (χ4v) is 1.89. The third-order valence-electron chi connectivity index (χ3n) is 3.23. The first-order chi connectivity index (χ1) is 6.52. The molecule has 1 saturated heterocycles. The van der Waals surface area contributed by atoms with Crippen molar-refractivity contribution in [2.75, 3.05) is 27.2 Å². The molecular formula is C10H20N2O2. The molecule has 14 heavy (non-hydrogen) atoms. The normalized spacial score (nSPS) is 22.6. The number of nitrogens with zero attached hydrogens (tertiary/aromatic N) is 2. The number of hydrogen-bond acceptors (Lipinski definition) is 3. The molecule has 82 valence electrons. The van der Waals surface area contributed by atoms with Crippen LogP contribution in [0.2, 0.25) is 0 Å². The molecule has 1 heterocycles. The van der Waals surface area contributed by atoms with Gasteiger partial charge in [0.15, 0.2) is 0 Å². The van der Waals surface area contributed by atoms with E-state index in [1.54, 1.807) is 6.92 Å². The zero-order valence-corrected chi connectivity index (χ0v) is 9.23. The molecule has 4 nitrogen and oxygen atoms in total. The SMILES string of the molecule is C[C@@H](C(=O)O)N(C)C1CCN(C)CC1. The number of carboxylic acids is 1. The zero-order chi connectivity index (χ0) is 10.7. The van der Waals surface area contributed by atoms with Crippen molar-refractivity contribution in [3.8, 4) is 0 Å². The fourth-order valence-electron chi connectivity index (χ4n) is 1.89. The van der Waals surface area contributed by atoms with Gasteiger partial charge in [0.2, 0.25) is 0 Å². The summed E-state index contributed by atoms with van der Waals surface area (Å²) in [5, 5.41) is 8.88. The van der Waals surface area contributed by atoms with Crippen molar-refractivity contribution in [3.05, 3.63) is 0 Å². The average molecular weight is 200 g/mol. The van der Waals surface area contributed by atoms with Crippen molar-refractivity contribution in [1.82, 2.24) is 9.80 Å². The lowest BCUT2D eigenvalue weighted by atomic mass is 10.0. The Balaban J connectivity index is 2.45. The predicted molar refractivity (Wildman–Crippen MR) is 55.4 cm³/mol. The third kappa shape index (κ3) is 2.69. The molecule has 1 atom stereocenters. The van der Waals surface area contributed by atoms with Crippen molar-refractivity contribution >= 4 is 5.97 Å². The molecule has 0 aromatic heterocycles. The van der Waals surface area contributed by atoms with Gasteiger partial charge in [-0.15, -0.1) is 0 Å². The van der Waals surface area contributed by atoms with Crippen molar-refractivity contribution in [3.63, 3.8) is 0 Å². The van der Waals surface area contributed by atoms with Crippen molar-refractivity contribution in [2.24, 2.45) is 0 Å². The first-order valence-corrected chi connectivity index (χ1v) is 5.15. The summed E-state index contributed by atoms with van der Waals surface area (Å²) in [6, 6.07) is 0.0562. The number of piperidine rings is 1. The van der Waals surface area contributed by atoms with E-state index in [4.69, 9.17) is 5.11 Å². The van der Waals surface area contributed by atoms with Crippen LogP contribution in [-0.2, 0) is 4.79 Å². The highest BCUT2D eigenvalue weighted by atomic mass is 16.4. The molecule has 0 unspecified atom stereocenters. The van der Waals surface area contributed by atoms with Crippen LogP contribution in [0.25, 0.3) is 0 Å². The van der Waals surface area contributed by atoms with E-state index in [9.17, 15) is 4.79 Å². The first-order valence-electron chi connectivity index (χ1n) is 5.15. The lowest BCUT2D eigenvalue weighted by molar-refractivity contribution is -0.143. The molecule has 4 heteroatoms. The largest absolute Gasteiger partial charge is 0.480 e. The van der Waals surface area contributed by atoms with Crippen molar-refractivity contribution < 1.29 is 9.90 Å². The molecular weight excluding hydrogens is 180 g/mol. The Morgan fingerprint density at radius 3 is 2.43 bits per heavy atom. The Morgan fingerprint density at radius 1 is 1.50 bits per heavy atom.